The molecule has 1 unspecified atom stereocenters. The summed E-state index contributed by atoms with van der Waals surface area (Å²) in [5.41, 5.74) is 0. The van der Waals surface area contributed by atoms with E-state index < -0.39 is 0 Å². The first-order chi connectivity index (χ1) is 3.81. The fourth-order valence-electron chi connectivity index (χ4n) is 0.383. The van der Waals surface area contributed by atoms with Gasteiger partial charge in [0.2, 0.25) is 0 Å². The van der Waals surface area contributed by atoms with Gasteiger partial charge in [0.15, 0.2) is 0 Å². The van der Waals surface area contributed by atoms with Crippen molar-refractivity contribution in [2.24, 2.45) is 5.92 Å². The van der Waals surface area contributed by atoms with Crippen LogP contribution in [-0.2, 0) is 0 Å². The van der Waals surface area contributed by atoms with E-state index in [1.165, 1.54) is 0 Å². The summed E-state index contributed by atoms with van der Waals surface area (Å²) in [6.45, 7) is 2.00. The van der Waals surface area contributed by atoms with Crippen LogP contribution in [0.3, 0.4) is 0 Å². The fraction of sp³-hybridized carbons (Fsp3) is 0.500. The molecular weight excluding hydrogens is 96.1 g/mol. The lowest BCUT2D eigenvalue weighted by atomic mass is 10.1. The van der Waals surface area contributed by atoms with Crippen molar-refractivity contribution in [3.63, 3.8) is 0 Å². The summed E-state index contributed by atoms with van der Waals surface area (Å²) in [6, 6.07) is 0. The molecule has 1 atom stereocenters. The SMILES string of the molecule is C#CCCC(C)C#C. The van der Waals surface area contributed by atoms with Gasteiger partial charge in [-0.15, -0.1) is 24.7 Å². The third-order valence-corrected chi connectivity index (χ3v) is 1.01. The minimum Gasteiger partial charge on any atom is -0.120 e. The van der Waals surface area contributed by atoms with E-state index in [1.807, 2.05) is 6.92 Å². The highest BCUT2D eigenvalue weighted by Gasteiger charge is 1.91. The molecular formula is C8H10. The van der Waals surface area contributed by atoms with Gasteiger partial charge in [-0.25, -0.2) is 0 Å². The summed E-state index contributed by atoms with van der Waals surface area (Å²) >= 11 is 0. The average Bonchev–Trinajstić information content (AvgIpc) is 1.83. The van der Waals surface area contributed by atoms with E-state index >= 15 is 0 Å². The van der Waals surface area contributed by atoms with Crippen LogP contribution in [0.2, 0.25) is 0 Å². The van der Waals surface area contributed by atoms with E-state index in [9.17, 15) is 0 Å². The molecule has 0 fully saturated rings. The van der Waals surface area contributed by atoms with Crippen LogP contribution in [0.5, 0.6) is 0 Å². The van der Waals surface area contributed by atoms with Gasteiger partial charge in [-0.2, -0.15) is 0 Å². The first-order valence-electron chi connectivity index (χ1n) is 2.71. The van der Waals surface area contributed by atoms with E-state index in [2.05, 4.69) is 11.8 Å². The quantitative estimate of drug-likeness (QED) is 0.470. The molecule has 0 radical (unpaired) electrons. The van der Waals surface area contributed by atoms with Crippen LogP contribution in [0.4, 0.5) is 0 Å². The van der Waals surface area contributed by atoms with Gasteiger partial charge in [-0.1, -0.05) is 6.92 Å². The summed E-state index contributed by atoms with van der Waals surface area (Å²) in [5, 5.41) is 0. The van der Waals surface area contributed by atoms with Gasteiger partial charge >= 0.3 is 0 Å². The summed E-state index contributed by atoms with van der Waals surface area (Å²) in [4.78, 5) is 0. The Morgan fingerprint density at radius 1 is 1.50 bits per heavy atom. The van der Waals surface area contributed by atoms with Crippen LogP contribution in [0.1, 0.15) is 19.8 Å². The molecule has 0 amide bonds. The molecule has 0 rings (SSSR count). The minimum absolute atomic E-state index is 0.339. The third kappa shape index (κ3) is 3.32. The van der Waals surface area contributed by atoms with Crippen LogP contribution in [-0.4, -0.2) is 0 Å². The van der Waals surface area contributed by atoms with Crippen LogP contribution < -0.4 is 0 Å². The van der Waals surface area contributed by atoms with E-state index in [-0.39, 0.29) is 0 Å². The Balaban J connectivity index is 3.18. The van der Waals surface area contributed by atoms with Gasteiger partial charge < -0.3 is 0 Å². The smallest absolute Gasteiger partial charge is 0.0181 e. The Hall–Kier alpha value is -0.880. The molecule has 8 heavy (non-hydrogen) atoms. The number of hydrogen-bond donors (Lipinski definition) is 0. The van der Waals surface area contributed by atoms with Crippen molar-refractivity contribution in [1.29, 1.82) is 0 Å². The summed E-state index contributed by atoms with van der Waals surface area (Å²) in [5.74, 6) is 5.48. The molecule has 0 saturated heterocycles. The lowest BCUT2D eigenvalue weighted by Gasteiger charge is -1.95. The lowest BCUT2D eigenvalue weighted by Crippen LogP contribution is -1.86. The Morgan fingerprint density at radius 3 is 2.50 bits per heavy atom. The predicted molar refractivity (Wildman–Crippen MR) is 36.1 cm³/mol. The van der Waals surface area contributed by atoms with Gasteiger partial charge in [-0.3, -0.25) is 0 Å². The molecule has 0 aromatic rings. The second kappa shape index (κ2) is 4.28. The van der Waals surface area contributed by atoms with E-state index in [4.69, 9.17) is 12.8 Å². The Kier molecular flexibility index (Phi) is 3.81. The predicted octanol–water partition coefficient (Wildman–Crippen LogP) is 1.67. The number of rotatable bonds is 2. The van der Waals surface area contributed by atoms with Crippen molar-refractivity contribution < 1.29 is 0 Å². The van der Waals surface area contributed by atoms with E-state index in [0.29, 0.717) is 5.92 Å². The maximum Gasteiger partial charge on any atom is 0.0181 e. The summed E-state index contributed by atoms with van der Waals surface area (Å²) in [6.07, 6.45) is 11.9. The second-order valence-electron chi connectivity index (χ2n) is 1.81. The molecule has 0 aliphatic heterocycles. The molecule has 0 heterocycles. The van der Waals surface area contributed by atoms with Crippen molar-refractivity contribution in [3.05, 3.63) is 0 Å². The van der Waals surface area contributed by atoms with Crippen molar-refractivity contribution in [2.45, 2.75) is 19.8 Å². The summed E-state index contributed by atoms with van der Waals surface area (Å²) in [7, 11) is 0. The molecule has 0 spiro atoms. The monoisotopic (exact) mass is 106 g/mol. The standard InChI is InChI=1S/C8H10/c1-4-6-7-8(3)5-2/h1-2,8H,6-7H2,3H3. The topological polar surface area (TPSA) is 0 Å². The highest BCUT2D eigenvalue weighted by molar-refractivity contribution is 4.93. The minimum atomic E-state index is 0.339. The van der Waals surface area contributed by atoms with Gasteiger partial charge in [0, 0.05) is 12.3 Å². The fourth-order valence-corrected chi connectivity index (χ4v) is 0.383. The number of terminal acetylenes is 2. The highest BCUT2D eigenvalue weighted by atomic mass is 13.9. The first kappa shape index (κ1) is 7.12. The Bertz CT molecular complexity index is 120. The van der Waals surface area contributed by atoms with Crippen molar-refractivity contribution in [2.75, 3.05) is 0 Å². The lowest BCUT2D eigenvalue weighted by molar-refractivity contribution is 0.688. The second-order valence-corrected chi connectivity index (χ2v) is 1.81. The van der Waals surface area contributed by atoms with Gasteiger partial charge in [0.25, 0.3) is 0 Å². The van der Waals surface area contributed by atoms with Crippen molar-refractivity contribution >= 4 is 0 Å². The van der Waals surface area contributed by atoms with Crippen LogP contribution in [0, 0.1) is 30.6 Å². The van der Waals surface area contributed by atoms with E-state index in [1.54, 1.807) is 0 Å². The van der Waals surface area contributed by atoms with Gasteiger partial charge in [-0.05, 0) is 6.42 Å². The molecule has 0 heteroatoms. The molecule has 0 bridgehead atoms. The van der Waals surface area contributed by atoms with E-state index in [0.717, 1.165) is 12.8 Å². The molecule has 0 nitrogen and oxygen atoms in total. The largest absolute Gasteiger partial charge is 0.120 e. The highest BCUT2D eigenvalue weighted by Crippen LogP contribution is 2.00. The van der Waals surface area contributed by atoms with Crippen LogP contribution in [0.25, 0.3) is 0 Å². The number of hydrogen-bond acceptors (Lipinski definition) is 0. The maximum absolute atomic E-state index is 5.09. The summed E-state index contributed by atoms with van der Waals surface area (Å²) < 4.78 is 0. The van der Waals surface area contributed by atoms with Crippen LogP contribution in [0.15, 0.2) is 0 Å². The third-order valence-electron chi connectivity index (χ3n) is 1.01. The van der Waals surface area contributed by atoms with Crippen molar-refractivity contribution in [1.82, 2.24) is 0 Å². The zero-order chi connectivity index (χ0) is 6.41. The zero-order valence-corrected chi connectivity index (χ0v) is 5.15. The molecule has 0 aliphatic carbocycles. The van der Waals surface area contributed by atoms with Gasteiger partial charge in [0.1, 0.15) is 0 Å². The molecule has 42 valence electrons. The van der Waals surface area contributed by atoms with Crippen LogP contribution >= 0.6 is 0 Å². The zero-order valence-electron chi connectivity index (χ0n) is 5.15. The van der Waals surface area contributed by atoms with Crippen molar-refractivity contribution in [3.8, 4) is 24.7 Å². The Morgan fingerprint density at radius 2 is 2.12 bits per heavy atom. The molecule has 0 aromatic carbocycles. The molecule has 0 saturated carbocycles. The average molecular weight is 106 g/mol. The molecule has 0 N–H and O–H groups in total. The molecule has 0 aliphatic rings. The Labute approximate surface area is 51.3 Å². The molecule has 0 aromatic heterocycles. The maximum atomic E-state index is 5.09. The normalized spacial score (nSPS) is 11.4. The first-order valence-corrected chi connectivity index (χ1v) is 2.71. The van der Waals surface area contributed by atoms with Gasteiger partial charge in [0.05, 0.1) is 0 Å².